The standard InChI is InChI=1S/C12H12ClN3O2/c13-11-5-8(12(14)17)1-2-9(11)6-15-7-10-3-4-16-18-10/h1-5,15H,6-7H2,(H2,14,17). The molecule has 18 heavy (non-hydrogen) atoms. The van der Waals surface area contributed by atoms with Crippen LogP contribution in [0.1, 0.15) is 21.7 Å². The van der Waals surface area contributed by atoms with Gasteiger partial charge in [0.1, 0.15) is 5.76 Å². The third-order valence-corrected chi connectivity index (χ3v) is 2.80. The summed E-state index contributed by atoms with van der Waals surface area (Å²) >= 11 is 6.05. The molecule has 0 aliphatic carbocycles. The van der Waals surface area contributed by atoms with Crippen LogP contribution in [0, 0.1) is 0 Å². The maximum Gasteiger partial charge on any atom is 0.248 e. The quantitative estimate of drug-likeness (QED) is 0.862. The van der Waals surface area contributed by atoms with Gasteiger partial charge >= 0.3 is 0 Å². The third kappa shape index (κ3) is 3.09. The molecular formula is C12H12ClN3O2. The second-order valence-electron chi connectivity index (χ2n) is 3.75. The van der Waals surface area contributed by atoms with Crippen LogP contribution in [0.4, 0.5) is 0 Å². The van der Waals surface area contributed by atoms with Gasteiger partial charge in [0.2, 0.25) is 5.91 Å². The van der Waals surface area contributed by atoms with Gasteiger partial charge in [-0.25, -0.2) is 0 Å². The second kappa shape index (κ2) is 5.66. The zero-order valence-electron chi connectivity index (χ0n) is 9.52. The van der Waals surface area contributed by atoms with Gasteiger partial charge in [0.05, 0.1) is 12.7 Å². The van der Waals surface area contributed by atoms with E-state index in [1.807, 2.05) is 0 Å². The van der Waals surface area contributed by atoms with Crippen LogP contribution in [0.3, 0.4) is 0 Å². The number of aromatic nitrogens is 1. The predicted octanol–water partition coefficient (Wildman–Crippen LogP) is 1.72. The number of hydrogen-bond donors (Lipinski definition) is 2. The largest absolute Gasteiger partial charge is 0.366 e. The topological polar surface area (TPSA) is 81.2 Å². The molecule has 94 valence electrons. The SMILES string of the molecule is NC(=O)c1ccc(CNCc2ccno2)c(Cl)c1. The van der Waals surface area contributed by atoms with Gasteiger partial charge in [-0.15, -0.1) is 0 Å². The Morgan fingerprint density at radius 1 is 1.39 bits per heavy atom. The number of rotatable bonds is 5. The van der Waals surface area contributed by atoms with Crippen LogP contribution < -0.4 is 11.1 Å². The zero-order valence-corrected chi connectivity index (χ0v) is 10.3. The molecule has 0 aliphatic rings. The van der Waals surface area contributed by atoms with Crippen LogP contribution in [0.2, 0.25) is 5.02 Å². The summed E-state index contributed by atoms with van der Waals surface area (Å²) in [4.78, 5) is 11.0. The maximum absolute atomic E-state index is 11.0. The van der Waals surface area contributed by atoms with Gasteiger partial charge in [-0.3, -0.25) is 4.79 Å². The highest BCUT2D eigenvalue weighted by Crippen LogP contribution is 2.17. The van der Waals surface area contributed by atoms with Crippen molar-refractivity contribution in [3.8, 4) is 0 Å². The molecule has 2 aromatic rings. The van der Waals surface area contributed by atoms with Gasteiger partial charge in [-0.2, -0.15) is 0 Å². The maximum atomic E-state index is 11.0. The molecule has 0 saturated carbocycles. The van der Waals surface area contributed by atoms with Crippen molar-refractivity contribution >= 4 is 17.5 Å². The number of amides is 1. The highest BCUT2D eigenvalue weighted by molar-refractivity contribution is 6.31. The Hall–Kier alpha value is -1.85. The van der Waals surface area contributed by atoms with E-state index >= 15 is 0 Å². The van der Waals surface area contributed by atoms with Crippen molar-refractivity contribution in [1.29, 1.82) is 0 Å². The molecule has 1 aromatic heterocycles. The molecule has 0 radical (unpaired) electrons. The first-order valence-electron chi connectivity index (χ1n) is 5.35. The monoisotopic (exact) mass is 265 g/mol. The lowest BCUT2D eigenvalue weighted by Crippen LogP contribution is -2.14. The Morgan fingerprint density at radius 3 is 2.83 bits per heavy atom. The van der Waals surface area contributed by atoms with Crippen LogP contribution in [0.15, 0.2) is 35.0 Å². The van der Waals surface area contributed by atoms with E-state index in [0.717, 1.165) is 11.3 Å². The molecule has 6 heteroatoms. The number of primary amides is 1. The van der Waals surface area contributed by atoms with Crippen molar-refractivity contribution in [3.63, 3.8) is 0 Å². The van der Waals surface area contributed by atoms with Gasteiger partial charge < -0.3 is 15.6 Å². The zero-order chi connectivity index (χ0) is 13.0. The Morgan fingerprint density at radius 2 is 2.22 bits per heavy atom. The second-order valence-corrected chi connectivity index (χ2v) is 4.16. The first kappa shape index (κ1) is 12.6. The highest BCUT2D eigenvalue weighted by Gasteiger charge is 2.05. The van der Waals surface area contributed by atoms with E-state index in [-0.39, 0.29) is 0 Å². The average molecular weight is 266 g/mol. The average Bonchev–Trinajstić information content (AvgIpc) is 2.84. The number of carbonyl (C=O) groups excluding carboxylic acids is 1. The lowest BCUT2D eigenvalue weighted by Gasteiger charge is -2.06. The van der Waals surface area contributed by atoms with Crippen molar-refractivity contribution in [3.05, 3.63) is 52.4 Å². The Bertz CT molecular complexity index is 540. The van der Waals surface area contributed by atoms with Crippen molar-refractivity contribution in [2.24, 2.45) is 5.73 Å². The number of benzene rings is 1. The molecule has 1 heterocycles. The summed E-state index contributed by atoms with van der Waals surface area (Å²) in [6, 6.07) is 6.77. The first-order valence-corrected chi connectivity index (χ1v) is 5.73. The summed E-state index contributed by atoms with van der Waals surface area (Å²) in [5.41, 5.74) is 6.46. The Balaban J connectivity index is 1.95. The van der Waals surface area contributed by atoms with E-state index in [0.29, 0.717) is 23.7 Å². The van der Waals surface area contributed by atoms with Crippen LogP contribution in [0.25, 0.3) is 0 Å². The molecule has 0 unspecified atom stereocenters. The van der Waals surface area contributed by atoms with E-state index in [9.17, 15) is 4.79 Å². The van der Waals surface area contributed by atoms with E-state index < -0.39 is 5.91 Å². The minimum atomic E-state index is -0.488. The molecule has 1 amide bonds. The number of halogens is 1. The molecule has 0 spiro atoms. The fraction of sp³-hybridized carbons (Fsp3) is 0.167. The number of nitrogens with two attached hydrogens (primary N) is 1. The van der Waals surface area contributed by atoms with Gasteiger partial charge in [0.25, 0.3) is 0 Å². The lowest BCUT2D eigenvalue weighted by atomic mass is 10.1. The molecule has 2 rings (SSSR count). The Labute approximate surface area is 109 Å². The molecule has 0 bridgehead atoms. The molecule has 0 fully saturated rings. The molecule has 0 aliphatic heterocycles. The van der Waals surface area contributed by atoms with Crippen molar-refractivity contribution < 1.29 is 9.32 Å². The fourth-order valence-corrected chi connectivity index (χ4v) is 1.74. The predicted molar refractivity (Wildman–Crippen MR) is 67.0 cm³/mol. The summed E-state index contributed by atoms with van der Waals surface area (Å²) in [5.74, 6) is 0.262. The van der Waals surface area contributed by atoms with Gasteiger partial charge in [-0.05, 0) is 17.7 Å². The lowest BCUT2D eigenvalue weighted by molar-refractivity contribution is 0.100. The summed E-state index contributed by atoms with van der Waals surface area (Å²) in [5, 5.41) is 7.27. The molecule has 1 aromatic carbocycles. The van der Waals surface area contributed by atoms with Crippen molar-refractivity contribution in [2.75, 3.05) is 0 Å². The van der Waals surface area contributed by atoms with E-state index in [1.54, 1.807) is 30.5 Å². The van der Waals surface area contributed by atoms with E-state index in [1.165, 1.54) is 0 Å². The summed E-state index contributed by atoms with van der Waals surface area (Å²) in [6.07, 6.45) is 1.59. The summed E-state index contributed by atoms with van der Waals surface area (Å²) < 4.78 is 4.95. The van der Waals surface area contributed by atoms with Gasteiger partial charge in [0.15, 0.2) is 0 Å². The Kier molecular flexibility index (Phi) is 3.96. The summed E-state index contributed by atoms with van der Waals surface area (Å²) in [6.45, 7) is 1.13. The van der Waals surface area contributed by atoms with Crippen LogP contribution in [-0.2, 0) is 13.1 Å². The van der Waals surface area contributed by atoms with Crippen LogP contribution in [0.5, 0.6) is 0 Å². The van der Waals surface area contributed by atoms with E-state index in [2.05, 4.69) is 10.5 Å². The number of nitrogens with one attached hydrogen (secondary N) is 1. The number of nitrogens with zero attached hydrogens (tertiary/aromatic N) is 1. The van der Waals surface area contributed by atoms with Crippen molar-refractivity contribution in [1.82, 2.24) is 10.5 Å². The highest BCUT2D eigenvalue weighted by atomic mass is 35.5. The van der Waals surface area contributed by atoms with Crippen LogP contribution >= 0.6 is 11.6 Å². The molecule has 0 atom stereocenters. The molecule has 0 saturated heterocycles. The van der Waals surface area contributed by atoms with Gasteiger partial charge in [-0.1, -0.05) is 22.8 Å². The summed E-state index contributed by atoms with van der Waals surface area (Å²) in [7, 11) is 0. The minimum Gasteiger partial charge on any atom is -0.366 e. The van der Waals surface area contributed by atoms with Crippen molar-refractivity contribution in [2.45, 2.75) is 13.1 Å². The first-order chi connectivity index (χ1) is 8.66. The fourth-order valence-electron chi connectivity index (χ4n) is 1.50. The third-order valence-electron chi connectivity index (χ3n) is 2.44. The smallest absolute Gasteiger partial charge is 0.248 e. The number of hydrogen-bond acceptors (Lipinski definition) is 4. The molecule has 5 nitrogen and oxygen atoms in total. The van der Waals surface area contributed by atoms with Gasteiger partial charge in [0, 0.05) is 23.2 Å². The number of carbonyl (C=O) groups is 1. The van der Waals surface area contributed by atoms with Crippen LogP contribution in [-0.4, -0.2) is 11.1 Å². The normalized spacial score (nSPS) is 10.5. The minimum absolute atomic E-state index is 0.402. The van der Waals surface area contributed by atoms with E-state index in [4.69, 9.17) is 21.9 Å². The molecule has 3 N–H and O–H groups in total. The molecular weight excluding hydrogens is 254 g/mol.